The van der Waals surface area contributed by atoms with Crippen LogP contribution >= 0.6 is 0 Å². The molecular formula is C18H25N3O2. The minimum atomic E-state index is 0.00412. The summed E-state index contributed by atoms with van der Waals surface area (Å²) in [5, 5.41) is 2.92. The molecule has 0 bridgehead atoms. The molecule has 1 aliphatic carbocycles. The van der Waals surface area contributed by atoms with Gasteiger partial charge in [-0.1, -0.05) is 24.6 Å². The summed E-state index contributed by atoms with van der Waals surface area (Å²) in [7, 11) is 0. The number of carbonyl (C=O) groups is 2. The van der Waals surface area contributed by atoms with Crippen LogP contribution < -0.4 is 5.32 Å². The van der Waals surface area contributed by atoms with Gasteiger partial charge in [-0.2, -0.15) is 0 Å². The number of nitrogens with zero attached hydrogens (tertiary/aromatic N) is 2. The molecule has 0 radical (unpaired) electrons. The van der Waals surface area contributed by atoms with E-state index in [1.165, 1.54) is 5.56 Å². The lowest BCUT2D eigenvalue weighted by molar-refractivity contribution is -0.134. The van der Waals surface area contributed by atoms with E-state index >= 15 is 0 Å². The molecule has 1 saturated heterocycles. The molecule has 1 aliphatic heterocycles. The van der Waals surface area contributed by atoms with Gasteiger partial charge in [0.15, 0.2) is 0 Å². The molecule has 5 heteroatoms. The molecule has 0 spiro atoms. The Kier molecular flexibility index (Phi) is 4.66. The third-order valence-corrected chi connectivity index (χ3v) is 4.81. The fraction of sp³-hybridized carbons (Fsp3) is 0.556. The Morgan fingerprint density at radius 1 is 1.13 bits per heavy atom. The molecule has 5 nitrogen and oxygen atoms in total. The Balaban J connectivity index is 1.42. The van der Waals surface area contributed by atoms with Crippen molar-refractivity contribution in [2.45, 2.75) is 20.3 Å². The molecule has 23 heavy (non-hydrogen) atoms. The normalized spacial score (nSPS) is 24.3. The molecule has 2 atom stereocenters. The number of nitrogens with one attached hydrogen (secondary N) is 1. The average molecular weight is 315 g/mol. The van der Waals surface area contributed by atoms with Crippen LogP contribution in [0.15, 0.2) is 24.3 Å². The number of hydrogen-bond acceptors (Lipinski definition) is 3. The van der Waals surface area contributed by atoms with E-state index < -0.39 is 0 Å². The van der Waals surface area contributed by atoms with Crippen molar-refractivity contribution < 1.29 is 9.59 Å². The minimum Gasteiger partial charge on any atom is -0.340 e. The molecule has 124 valence electrons. The van der Waals surface area contributed by atoms with Gasteiger partial charge >= 0.3 is 0 Å². The number of piperazine rings is 1. The lowest BCUT2D eigenvalue weighted by Gasteiger charge is -2.34. The van der Waals surface area contributed by atoms with Crippen LogP contribution in [0, 0.1) is 18.8 Å². The molecule has 1 saturated carbocycles. The molecule has 1 N–H and O–H groups in total. The van der Waals surface area contributed by atoms with Gasteiger partial charge in [0.2, 0.25) is 11.8 Å². The Morgan fingerprint density at radius 3 is 2.30 bits per heavy atom. The third-order valence-electron chi connectivity index (χ3n) is 4.81. The number of anilines is 1. The second-order valence-corrected chi connectivity index (χ2v) is 6.84. The zero-order valence-electron chi connectivity index (χ0n) is 13.9. The zero-order chi connectivity index (χ0) is 16.4. The summed E-state index contributed by atoms with van der Waals surface area (Å²) < 4.78 is 0. The van der Waals surface area contributed by atoms with Crippen molar-refractivity contribution in [3.63, 3.8) is 0 Å². The number of aryl methyl sites for hydroxylation is 1. The predicted molar refractivity (Wildman–Crippen MR) is 90.1 cm³/mol. The Bertz CT molecular complexity index is 576. The van der Waals surface area contributed by atoms with Crippen molar-refractivity contribution >= 4 is 17.5 Å². The quantitative estimate of drug-likeness (QED) is 0.921. The molecular weight excluding hydrogens is 290 g/mol. The molecule has 2 unspecified atom stereocenters. The van der Waals surface area contributed by atoms with E-state index in [-0.39, 0.29) is 11.8 Å². The van der Waals surface area contributed by atoms with Crippen LogP contribution in [0.1, 0.15) is 18.9 Å². The summed E-state index contributed by atoms with van der Waals surface area (Å²) in [6.07, 6.45) is 1.04. The van der Waals surface area contributed by atoms with Crippen molar-refractivity contribution in [1.82, 2.24) is 9.80 Å². The summed E-state index contributed by atoms with van der Waals surface area (Å²) in [5.41, 5.74) is 2.01. The number of rotatable bonds is 4. The van der Waals surface area contributed by atoms with Gasteiger partial charge in [-0.15, -0.1) is 0 Å². The maximum atomic E-state index is 12.2. The van der Waals surface area contributed by atoms with Gasteiger partial charge in [0, 0.05) is 37.8 Å². The van der Waals surface area contributed by atoms with Gasteiger partial charge in [-0.05, 0) is 31.4 Å². The standard InChI is InChI=1S/C18H25N3O2/c1-13-3-5-15(6-4-13)19-17(22)12-20-7-9-21(10-8-20)18(23)16-11-14(16)2/h3-6,14,16H,7-12H2,1-2H3,(H,19,22). The summed E-state index contributed by atoms with van der Waals surface area (Å²) in [4.78, 5) is 28.4. The molecule has 2 amide bonds. The van der Waals surface area contributed by atoms with Crippen LogP contribution in [0.2, 0.25) is 0 Å². The first-order valence-corrected chi connectivity index (χ1v) is 8.40. The van der Waals surface area contributed by atoms with Crippen LogP contribution in [0.5, 0.6) is 0 Å². The van der Waals surface area contributed by atoms with Gasteiger partial charge in [0.25, 0.3) is 0 Å². The monoisotopic (exact) mass is 315 g/mol. The molecule has 1 aromatic rings. The van der Waals surface area contributed by atoms with Crippen molar-refractivity contribution in [2.75, 3.05) is 38.0 Å². The fourth-order valence-electron chi connectivity index (χ4n) is 3.07. The summed E-state index contributed by atoms with van der Waals surface area (Å²) in [6.45, 7) is 7.56. The van der Waals surface area contributed by atoms with Crippen molar-refractivity contribution in [2.24, 2.45) is 11.8 Å². The first kappa shape index (κ1) is 16.0. The van der Waals surface area contributed by atoms with Gasteiger partial charge in [0.05, 0.1) is 6.54 Å². The van der Waals surface area contributed by atoms with Crippen LogP contribution in [-0.4, -0.2) is 54.3 Å². The SMILES string of the molecule is Cc1ccc(NC(=O)CN2CCN(C(=O)C3CC3C)CC2)cc1. The van der Waals surface area contributed by atoms with Crippen molar-refractivity contribution in [1.29, 1.82) is 0 Å². The summed E-state index contributed by atoms with van der Waals surface area (Å²) >= 11 is 0. The Morgan fingerprint density at radius 2 is 1.74 bits per heavy atom. The fourth-order valence-corrected chi connectivity index (χ4v) is 3.07. The van der Waals surface area contributed by atoms with Gasteiger partial charge < -0.3 is 10.2 Å². The predicted octanol–water partition coefficient (Wildman–Crippen LogP) is 1.73. The van der Waals surface area contributed by atoms with Crippen LogP contribution in [0.25, 0.3) is 0 Å². The first-order chi connectivity index (χ1) is 11.0. The van der Waals surface area contributed by atoms with Gasteiger partial charge in [-0.25, -0.2) is 0 Å². The third kappa shape index (κ3) is 4.10. The van der Waals surface area contributed by atoms with Crippen molar-refractivity contribution in [3.8, 4) is 0 Å². The van der Waals surface area contributed by atoms with E-state index in [9.17, 15) is 9.59 Å². The maximum absolute atomic E-state index is 12.2. The number of carbonyl (C=O) groups excluding carboxylic acids is 2. The second-order valence-electron chi connectivity index (χ2n) is 6.84. The van der Waals surface area contributed by atoms with E-state index in [4.69, 9.17) is 0 Å². The molecule has 2 fully saturated rings. The van der Waals surface area contributed by atoms with E-state index in [0.717, 1.165) is 38.3 Å². The molecule has 2 aliphatic rings. The highest BCUT2D eigenvalue weighted by atomic mass is 16.2. The average Bonchev–Trinajstić information content (AvgIpc) is 3.26. The van der Waals surface area contributed by atoms with E-state index in [1.807, 2.05) is 36.1 Å². The van der Waals surface area contributed by atoms with Crippen LogP contribution in [0.4, 0.5) is 5.69 Å². The minimum absolute atomic E-state index is 0.00412. The smallest absolute Gasteiger partial charge is 0.238 e. The number of amides is 2. The topological polar surface area (TPSA) is 52.7 Å². The largest absolute Gasteiger partial charge is 0.340 e. The Labute approximate surface area is 137 Å². The molecule has 0 aromatic heterocycles. The van der Waals surface area contributed by atoms with Gasteiger partial charge in [0.1, 0.15) is 0 Å². The van der Waals surface area contributed by atoms with E-state index in [2.05, 4.69) is 17.1 Å². The summed E-state index contributed by atoms with van der Waals surface area (Å²) in [5.74, 6) is 1.12. The van der Waals surface area contributed by atoms with Crippen molar-refractivity contribution in [3.05, 3.63) is 29.8 Å². The number of benzene rings is 1. The highest BCUT2D eigenvalue weighted by Crippen LogP contribution is 2.39. The second kappa shape index (κ2) is 6.71. The molecule has 3 rings (SSSR count). The van der Waals surface area contributed by atoms with E-state index in [1.54, 1.807) is 0 Å². The van der Waals surface area contributed by atoms with E-state index in [0.29, 0.717) is 18.4 Å². The van der Waals surface area contributed by atoms with Crippen LogP contribution in [0.3, 0.4) is 0 Å². The highest BCUT2D eigenvalue weighted by molar-refractivity contribution is 5.92. The van der Waals surface area contributed by atoms with Crippen LogP contribution in [-0.2, 0) is 9.59 Å². The lowest BCUT2D eigenvalue weighted by Crippen LogP contribution is -2.51. The molecule has 1 heterocycles. The molecule has 1 aromatic carbocycles. The Hall–Kier alpha value is -1.88. The summed E-state index contributed by atoms with van der Waals surface area (Å²) in [6, 6.07) is 7.80. The lowest BCUT2D eigenvalue weighted by atomic mass is 10.2. The highest BCUT2D eigenvalue weighted by Gasteiger charge is 2.41. The zero-order valence-corrected chi connectivity index (χ0v) is 13.9. The first-order valence-electron chi connectivity index (χ1n) is 8.40. The maximum Gasteiger partial charge on any atom is 0.238 e. The number of hydrogen-bond donors (Lipinski definition) is 1. The van der Waals surface area contributed by atoms with Gasteiger partial charge in [-0.3, -0.25) is 14.5 Å².